The van der Waals surface area contributed by atoms with Crippen LogP contribution in [0.4, 0.5) is 5.82 Å². The lowest BCUT2D eigenvalue weighted by molar-refractivity contribution is 0.378. The third-order valence-electron chi connectivity index (χ3n) is 3.10. The van der Waals surface area contributed by atoms with E-state index in [-0.39, 0.29) is 0 Å². The Morgan fingerprint density at radius 2 is 2.27 bits per heavy atom. The van der Waals surface area contributed by atoms with Gasteiger partial charge < -0.3 is 5.32 Å². The fraction of sp³-hybridized carbons (Fsp3) is 0.667. The van der Waals surface area contributed by atoms with Gasteiger partial charge in [-0.1, -0.05) is 13.8 Å². The highest BCUT2D eigenvalue weighted by atomic mass is 15.0. The normalized spacial score (nSPS) is 24.1. The number of nitrogens with zero attached hydrogens (tertiary/aromatic N) is 2. The van der Waals surface area contributed by atoms with Crippen LogP contribution in [0.1, 0.15) is 38.9 Å². The number of nitrogens with one attached hydrogen (secondary N) is 1. The molecule has 1 heterocycles. The van der Waals surface area contributed by atoms with Crippen LogP contribution in [0.3, 0.4) is 0 Å². The van der Waals surface area contributed by atoms with Crippen molar-refractivity contribution in [1.29, 1.82) is 0 Å². The van der Waals surface area contributed by atoms with Gasteiger partial charge in [0.25, 0.3) is 0 Å². The Labute approximate surface area is 91.3 Å². The van der Waals surface area contributed by atoms with Crippen molar-refractivity contribution in [3.63, 3.8) is 0 Å². The zero-order valence-electron chi connectivity index (χ0n) is 9.75. The van der Waals surface area contributed by atoms with Crippen LogP contribution < -0.4 is 5.32 Å². The predicted molar refractivity (Wildman–Crippen MR) is 61.8 cm³/mol. The van der Waals surface area contributed by atoms with Crippen molar-refractivity contribution in [2.75, 3.05) is 5.32 Å². The number of rotatable bonds is 2. The van der Waals surface area contributed by atoms with E-state index >= 15 is 0 Å². The first-order chi connectivity index (χ1) is 7.05. The summed E-state index contributed by atoms with van der Waals surface area (Å²) < 4.78 is 0. The van der Waals surface area contributed by atoms with E-state index in [0.29, 0.717) is 11.5 Å². The first-order valence-corrected chi connectivity index (χ1v) is 5.61. The van der Waals surface area contributed by atoms with E-state index in [9.17, 15) is 0 Å². The Morgan fingerprint density at radius 1 is 1.47 bits per heavy atom. The van der Waals surface area contributed by atoms with Crippen LogP contribution in [0.15, 0.2) is 12.3 Å². The van der Waals surface area contributed by atoms with Gasteiger partial charge in [-0.05, 0) is 37.7 Å². The summed E-state index contributed by atoms with van der Waals surface area (Å²) in [5, 5.41) is 3.49. The molecule has 1 aromatic heterocycles. The Bertz CT molecular complexity index is 346. The summed E-state index contributed by atoms with van der Waals surface area (Å²) in [6, 6.07) is 2.52. The fourth-order valence-electron chi connectivity index (χ4n) is 2.31. The van der Waals surface area contributed by atoms with Gasteiger partial charge in [0.2, 0.25) is 0 Å². The lowest BCUT2D eigenvalue weighted by Crippen LogP contribution is -2.18. The SMILES string of the molecule is Cc1nccc(NC2CCC(C)(C)C2)n1. The summed E-state index contributed by atoms with van der Waals surface area (Å²) >= 11 is 0. The van der Waals surface area contributed by atoms with Gasteiger partial charge in [0, 0.05) is 12.2 Å². The maximum absolute atomic E-state index is 4.36. The fourth-order valence-corrected chi connectivity index (χ4v) is 2.31. The van der Waals surface area contributed by atoms with Crippen molar-refractivity contribution in [2.24, 2.45) is 5.41 Å². The van der Waals surface area contributed by atoms with Crippen molar-refractivity contribution in [2.45, 2.75) is 46.1 Å². The highest BCUT2D eigenvalue weighted by Crippen LogP contribution is 2.37. The van der Waals surface area contributed by atoms with Gasteiger partial charge in [0.15, 0.2) is 0 Å². The number of hydrogen-bond donors (Lipinski definition) is 1. The van der Waals surface area contributed by atoms with Crippen LogP contribution in [0.5, 0.6) is 0 Å². The lowest BCUT2D eigenvalue weighted by Gasteiger charge is -2.18. The topological polar surface area (TPSA) is 37.8 Å². The van der Waals surface area contributed by atoms with Crippen molar-refractivity contribution in [3.8, 4) is 0 Å². The van der Waals surface area contributed by atoms with Gasteiger partial charge in [0.05, 0.1) is 0 Å². The van der Waals surface area contributed by atoms with E-state index in [1.54, 1.807) is 0 Å². The second-order valence-corrected chi connectivity index (χ2v) is 5.24. The molecule has 1 saturated carbocycles. The first kappa shape index (κ1) is 10.4. The van der Waals surface area contributed by atoms with E-state index in [2.05, 4.69) is 29.1 Å². The monoisotopic (exact) mass is 205 g/mol. The Hall–Kier alpha value is -1.12. The molecule has 0 aromatic carbocycles. The summed E-state index contributed by atoms with van der Waals surface area (Å²) in [7, 11) is 0. The van der Waals surface area contributed by atoms with Crippen LogP contribution in [0.25, 0.3) is 0 Å². The van der Waals surface area contributed by atoms with E-state index in [1.807, 2.05) is 19.2 Å². The van der Waals surface area contributed by atoms with E-state index in [1.165, 1.54) is 19.3 Å². The highest BCUT2D eigenvalue weighted by Gasteiger charge is 2.30. The number of hydrogen-bond acceptors (Lipinski definition) is 3. The first-order valence-electron chi connectivity index (χ1n) is 5.61. The van der Waals surface area contributed by atoms with Crippen molar-refractivity contribution in [1.82, 2.24) is 9.97 Å². The van der Waals surface area contributed by atoms with Crippen LogP contribution in [-0.2, 0) is 0 Å². The molecule has 1 aromatic rings. The third-order valence-corrected chi connectivity index (χ3v) is 3.10. The molecule has 2 rings (SSSR count). The second-order valence-electron chi connectivity index (χ2n) is 5.24. The molecule has 1 N–H and O–H groups in total. The summed E-state index contributed by atoms with van der Waals surface area (Å²) in [5.41, 5.74) is 0.486. The Balaban J connectivity index is 1.99. The molecule has 0 aliphatic heterocycles. The van der Waals surface area contributed by atoms with Crippen molar-refractivity contribution in [3.05, 3.63) is 18.1 Å². The van der Waals surface area contributed by atoms with Gasteiger partial charge in [0.1, 0.15) is 11.6 Å². The molecule has 1 aliphatic rings. The van der Waals surface area contributed by atoms with E-state index in [4.69, 9.17) is 0 Å². The van der Waals surface area contributed by atoms with Gasteiger partial charge in [-0.25, -0.2) is 9.97 Å². The molecule has 82 valence electrons. The maximum Gasteiger partial charge on any atom is 0.129 e. The molecule has 3 heteroatoms. The highest BCUT2D eigenvalue weighted by molar-refractivity contribution is 5.34. The average molecular weight is 205 g/mol. The molecule has 0 amide bonds. The Morgan fingerprint density at radius 3 is 2.87 bits per heavy atom. The van der Waals surface area contributed by atoms with Gasteiger partial charge in [-0.15, -0.1) is 0 Å². The summed E-state index contributed by atoms with van der Waals surface area (Å²) in [6.07, 6.45) is 5.59. The molecule has 0 radical (unpaired) electrons. The zero-order valence-corrected chi connectivity index (χ0v) is 9.75. The number of aromatic nitrogens is 2. The maximum atomic E-state index is 4.36. The van der Waals surface area contributed by atoms with Crippen LogP contribution in [-0.4, -0.2) is 16.0 Å². The largest absolute Gasteiger partial charge is 0.367 e. The molecule has 0 spiro atoms. The predicted octanol–water partition coefficient (Wildman–Crippen LogP) is 2.78. The van der Waals surface area contributed by atoms with Crippen molar-refractivity contribution >= 4 is 5.82 Å². The quantitative estimate of drug-likeness (QED) is 0.806. The van der Waals surface area contributed by atoms with Gasteiger partial charge in [-0.2, -0.15) is 0 Å². The minimum Gasteiger partial charge on any atom is -0.367 e. The summed E-state index contributed by atoms with van der Waals surface area (Å²) in [5.74, 6) is 1.79. The minimum atomic E-state index is 0.486. The molecular weight excluding hydrogens is 186 g/mol. The summed E-state index contributed by atoms with van der Waals surface area (Å²) in [4.78, 5) is 8.45. The second kappa shape index (κ2) is 3.80. The standard InChI is InChI=1S/C12H19N3/c1-9-13-7-5-11(14-9)15-10-4-6-12(2,3)8-10/h5,7,10H,4,6,8H2,1-3H3,(H,13,14,15). The molecule has 1 atom stereocenters. The lowest BCUT2D eigenvalue weighted by atomic mass is 9.92. The summed E-state index contributed by atoms with van der Waals surface area (Å²) in [6.45, 7) is 6.59. The van der Waals surface area contributed by atoms with E-state index in [0.717, 1.165) is 11.6 Å². The minimum absolute atomic E-state index is 0.486. The molecule has 1 aliphatic carbocycles. The van der Waals surface area contributed by atoms with E-state index < -0.39 is 0 Å². The molecular formula is C12H19N3. The van der Waals surface area contributed by atoms with Gasteiger partial charge in [-0.3, -0.25) is 0 Å². The molecule has 0 saturated heterocycles. The smallest absolute Gasteiger partial charge is 0.129 e. The third kappa shape index (κ3) is 2.67. The molecule has 0 bridgehead atoms. The zero-order chi connectivity index (χ0) is 10.9. The van der Waals surface area contributed by atoms with Gasteiger partial charge >= 0.3 is 0 Å². The molecule has 1 fully saturated rings. The molecule has 1 unspecified atom stereocenters. The average Bonchev–Trinajstić information content (AvgIpc) is 2.45. The van der Waals surface area contributed by atoms with Crippen LogP contribution >= 0.6 is 0 Å². The molecule has 15 heavy (non-hydrogen) atoms. The molecule has 3 nitrogen and oxygen atoms in total. The number of anilines is 1. The van der Waals surface area contributed by atoms with Crippen LogP contribution in [0, 0.1) is 12.3 Å². The Kier molecular flexibility index (Phi) is 2.63. The van der Waals surface area contributed by atoms with Crippen LogP contribution in [0.2, 0.25) is 0 Å². The number of aryl methyl sites for hydroxylation is 1. The van der Waals surface area contributed by atoms with Crippen molar-refractivity contribution < 1.29 is 0 Å².